The van der Waals surface area contributed by atoms with Gasteiger partial charge in [-0.25, -0.2) is 5.01 Å². The van der Waals surface area contributed by atoms with E-state index in [1.807, 2.05) is 55.5 Å². The number of aryl methyl sites for hydroxylation is 1. The zero-order valence-electron chi connectivity index (χ0n) is 19.2. The molecule has 170 valence electrons. The first kappa shape index (κ1) is 23.5. The van der Waals surface area contributed by atoms with Crippen molar-refractivity contribution in [3.05, 3.63) is 65.2 Å². The molecule has 2 aromatic carbocycles. The molecule has 2 aromatic rings. The van der Waals surface area contributed by atoms with Crippen LogP contribution in [-0.2, 0) is 14.3 Å². The number of carbonyl (C=O) groups excluding carboxylic acids is 2. The average Bonchev–Trinajstić information content (AvgIpc) is 3.27. The summed E-state index contributed by atoms with van der Waals surface area (Å²) < 4.78 is 10.5. The molecule has 32 heavy (non-hydrogen) atoms. The number of hydrogen-bond donors (Lipinski definition) is 0. The molecule has 1 heterocycles. The Kier molecular flexibility index (Phi) is 8.00. The lowest BCUT2D eigenvalue weighted by atomic mass is 9.97. The quantitative estimate of drug-likeness (QED) is 0.601. The molecule has 7 nitrogen and oxygen atoms in total. The molecule has 1 aliphatic rings. The summed E-state index contributed by atoms with van der Waals surface area (Å²) in [4.78, 5) is 27.3. The second-order valence-electron chi connectivity index (χ2n) is 7.81. The molecule has 2 amide bonds. The van der Waals surface area contributed by atoms with Crippen LogP contribution in [0.25, 0.3) is 0 Å². The summed E-state index contributed by atoms with van der Waals surface area (Å²) in [7, 11) is 3.20. The van der Waals surface area contributed by atoms with Gasteiger partial charge in [0.1, 0.15) is 12.3 Å². The van der Waals surface area contributed by atoms with Gasteiger partial charge in [0.05, 0.1) is 25.5 Å². The van der Waals surface area contributed by atoms with Crippen LogP contribution >= 0.6 is 0 Å². The van der Waals surface area contributed by atoms with Gasteiger partial charge in [-0.15, -0.1) is 0 Å². The maximum absolute atomic E-state index is 13.3. The van der Waals surface area contributed by atoms with E-state index in [1.165, 1.54) is 9.91 Å². The molecule has 0 aromatic heterocycles. The molecule has 1 aliphatic heterocycles. The first-order valence-corrected chi connectivity index (χ1v) is 10.8. The predicted octanol–water partition coefficient (Wildman–Crippen LogP) is 3.57. The predicted molar refractivity (Wildman–Crippen MR) is 124 cm³/mol. The molecule has 0 N–H and O–H groups in total. The highest BCUT2D eigenvalue weighted by atomic mass is 16.5. The van der Waals surface area contributed by atoms with Crippen LogP contribution in [0.15, 0.2) is 53.6 Å². The molecule has 0 unspecified atom stereocenters. The van der Waals surface area contributed by atoms with Gasteiger partial charge in [0, 0.05) is 32.1 Å². The van der Waals surface area contributed by atoms with Crippen LogP contribution in [0.1, 0.15) is 42.5 Å². The number of amides is 2. The van der Waals surface area contributed by atoms with Crippen molar-refractivity contribution in [3.8, 4) is 5.75 Å². The number of methoxy groups -OCH3 is 2. The van der Waals surface area contributed by atoms with Gasteiger partial charge in [-0.1, -0.05) is 48.9 Å². The van der Waals surface area contributed by atoms with Gasteiger partial charge in [-0.3, -0.25) is 9.59 Å². The molecular formula is C25H31N3O4. The molecule has 3 rings (SSSR count). The summed E-state index contributed by atoms with van der Waals surface area (Å²) in [6.07, 6.45) is 0.915. The highest BCUT2D eigenvalue weighted by Crippen LogP contribution is 2.33. The first-order chi connectivity index (χ1) is 15.5. The molecule has 0 spiro atoms. The normalized spacial score (nSPS) is 15.4. The van der Waals surface area contributed by atoms with E-state index in [2.05, 4.69) is 0 Å². The van der Waals surface area contributed by atoms with E-state index >= 15 is 0 Å². The van der Waals surface area contributed by atoms with Crippen LogP contribution in [-0.4, -0.2) is 61.4 Å². The first-order valence-electron chi connectivity index (χ1n) is 10.8. The molecule has 0 saturated heterocycles. The van der Waals surface area contributed by atoms with E-state index in [0.29, 0.717) is 26.0 Å². The zero-order valence-corrected chi connectivity index (χ0v) is 19.2. The second-order valence-corrected chi connectivity index (χ2v) is 7.81. The smallest absolute Gasteiger partial charge is 0.262 e. The van der Waals surface area contributed by atoms with Gasteiger partial charge < -0.3 is 14.4 Å². The Balaban J connectivity index is 1.90. The van der Waals surface area contributed by atoms with Gasteiger partial charge in [0.25, 0.3) is 5.91 Å². The largest absolute Gasteiger partial charge is 0.497 e. The van der Waals surface area contributed by atoms with Crippen molar-refractivity contribution in [3.63, 3.8) is 0 Å². The van der Waals surface area contributed by atoms with Gasteiger partial charge in [0.15, 0.2) is 0 Å². The molecule has 0 bridgehead atoms. The Morgan fingerprint density at radius 1 is 1.16 bits per heavy atom. The minimum Gasteiger partial charge on any atom is -0.497 e. The fraction of sp³-hybridized carbons (Fsp3) is 0.400. The van der Waals surface area contributed by atoms with E-state index < -0.39 is 0 Å². The van der Waals surface area contributed by atoms with Crippen molar-refractivity contribution >= 4 is 17.5 Å². The minimum absolute atomic E-state index is 0.0344. The monoisotopic (exact) mass is 437 g/mol. The summed E-state index contributed by atoms with van der Waals surface area (Å²) >= 11 is 0. The third-order valence-corrected chi connectivity index (χ3v) is 5.58. The molecular weight excluding hydrogens is 406 g/mol. The van der Waals surface area contributed by atoms with Crippen molar-refractivity contribution in [2.75, 3.05) is 33.9 Å². The number of hydrogen-bond acceptors (Lipinski definition) is 5. The highest BCUT2D eigenvalue weighted by Gasteiger charge is 2.34. The maximum Gasteiger partial charge on any atom is 0.262 e. The average molecular weight is 438 g/mol. The molecule has 0 aliphatic carbocycles. The SMILES string of the molecule is CCC(=O)N(CCOC)CC(=O)N1N=C(c2cccc(OC)c2)C[C@@H]1c1ccc(C)cc1. The number of hydrazone groups is 1. The van der Waals surface area contributed by atoms with E-state index in [0.717, 1.165) is 28.2 Å². The Hall–Kier alpha value is -3.19. The van der Waals surface area contributed by atoms with Crippen LogP contribution in [0.3, 0.4) is 0 Å². The Bertz CT molecular complexity index is 971. The van der Waals surface area contributed by atoms with Crippen molar-refractivity contribution < 1.29 is 19.1 Å². The van der Waals surface area contributed by atoms with Crippen molar-refractivity contribution in [2.24, 2.45) is 5.10 Å². The summed E-state index contributed by atoms with van der Waals surface area (Å²) in [5.41, 5.74) is 3.89. The van der Waals surface area contributed by atoms with Crippen LogP contribution < -0.4 is 4.74 Å². The van der Waals surface area contributed by atoms with Crippen molar-refractivity contribution in [1.82, 2.24) is 9.91 Å². The van der Waals surface area contributed by atoms with E-state index in [9.17, 15) is 9.59 Å². The van der Waals surface area contributed by atoms with E-state index in [1.54, 1.807) is 21.1 Å². The van der Waals surface area contributed by atoms with Gasteiger partial charge in [0.2, 0.25) is 5.91 Å². The Morgan fingerprint density at radius 3 is 2.56 bits per heavy atom. The molecule has 0 fully saturated rings. The van der Waals surface area contributed by atoms with E-state index in [4.69, 9.17) is 14.6 Å². The molecule has 0 radical (unpaired) electrons. The summed E-state index contributed by atoms with van der Waals surface area (Å²) in [6, 6.07) is 15.6. The maximum atomic E-state index is 13.3. The van der Waals surface area contributed by atoms with Gasteiger partial charge >= 0.3 is 0 Å². The fourth-order valence-electron chi connectivity index (χ4n) is 3.72. The lowest BCUT2D eigenvalue weighted by molar-refractivity contribution is -0.141. The standard InChI is InChI=1S/C25H31N3O4/c1-5-24(29)27(13-14-31-3)17-25(30)28-23(19-11-9-18(2)10-12-19)16-22(26-28)20-7-6-8-21(15-20)32-4/h6-12,15,23H,5,13-14,16-17H2,1-4H3/t23-/m1/s1. The minimum atomic E-state index is -0.231. The van der Waals surface area contributed by atoms with Crippen molar-refractivity contribution in [2.45, 2.75) is 32.7 Å². The molecule has 7 heteroatoms. The van der Waals surface area contributed by atoms with E-state index in [-0.39, 0.29) is 24.4 Å². The van der Waals surface area contributed by atoms with Crippen molar-refractivity contribution in [1.29, 1.82) is 0 Å². The Labute approximate surface area is 189 Å². The van der Waals surface area contributed by atoms with Crippen LogP contribution in [0.2, 0.25) is 0 Å². The second kappa shape index (κ2) is 10.9. The third kappa shape index (κ3) is 5.53. The number of benzene rings is 2. The lowest BCUT2D eigenvalue weighted by Gasteiger charge is -2.26. The zero-order chi connectivity index (χ0) is 23.1. The fourth-order valence-corrected chi connectivity index (χ4v) is 3.72. The number of ether oxygens (including phenoxy) is 2. The van der Waals surface area contributed by atoms with Crippen LogP contribution in [0, 0.1) is 6.92 Å². The number of rotatable bonds is 9. The highest BCUT2D eigenvalue weighted by molar-refractivity contribution is 6.03. The van der Waals surface area contributed by atoms with Gasteiger partial charge in [-0.2, -0.15) is 5.10 Å². The summed E-state index contributed by atoms with van der Waals surface area (Å²) in [6.45, 7) is 4.52. The topological polar surface area (TPSA) is 71.4 Å². The summed E-state index contributed by atoms with van der Waals surface area (Å²) in [5.74, 6) is 0.436. The van der Waals surface area contributed by atoms with Crippen LogP contribution in [0.5, 0.6) is 5.75 Å². The molecule has 1 atom stereocenters. The number of nitrogens with zero attached hydrogens (tertiary/aromatic N) is 3. The van der Waals surface area contributed by atoms with Crippen LogP contribution in [0.4, 0.5) is 0 Å². The Morgan fingerprint density at radius 2 is 1.91 bits per heavy atom. The summed E-state index contributed by atoms with van der Waals surface area (Å²) in [5, 5.41) is 6.24. The molecule has 0 saturated carbocycles. The third-order valence-electron chi connectivity index (χ3n) is 5.58. The lowest BCUT2D eigenvalue weighted by Crippen LogP contribution is -2.42. The number of carbonyl (C=O) groups is 2. The van der Waals surface area contributed by atoms with Gasteiger partial charge in [-0.05, 0) is 24.6 Å².